The molecule has 1 saturated carbocycles. The number of hydrogen-bond donors (Lipinski definition) is 1. The first-order chi connectivity index (χ1) is 16.7. The van der Waals surface area contributed by atoms with Gasteiger partial charge in [0, 0.05) is 57.2 Å². The summed E-state index contributed by atoms with van der Waals surface area (Å²) in [7, 11) is 0. The summed E-state index contributed by atoms with van der Waals surface area (Å²) in [6, 6.07) is 15.1. The number of hydrogen-bond acceptors (Lipinski definition) is 6. The van der Waals surface area contributed by atoms with E-state index in [2.05, 4.69) is 64.0 Å². The molecule has 0 bridgehead atoms. The lowest BCUT2D eigenvalue weighted by atomic mass is 10.0. The Morgan fingerprint density at radius 2 is 1.94 bits per heavy atom. The van der Waals surface area contributed by atoms with E-state index in [1.54, 1.807) is 0 Å². The quantitative estimate of drug-likeness (QED) is 0.649. The molecule has 8 heteroatoms. The van der Waals surface area contributed by atoms with E-state index >= 15 is 0 Å². The van der Waals surface area contributed by atoms with Crippen molar-refractivity contribution in [1.82, 2.24) is 19.8 Å². The molecule has 3 fully saturated rings. The summed E-state index contributed by atoms with van der Waals surface area (Å²) in [4.78, 5) is 16.9. The summed E-state index contributed by atoms with van der Waals surface area (Å²) in [5.41, 5.74) is 5.66. The average molecular weight is 457 g/mol. The molecule has 3 aliphatic rings. The molecule has 174 valence electrons. The summed E-state index contributed by atoms with van der Waals surface area (Å²) >= 11 is 0. The third-order valence-corrected chi connectivity index (χ3v) is 7.24. The average Bonchev–Trinajstić information content (AvgIpc) is 3.57. The van der Waals surface area contributed by atoms with Crippen LogP contribution in [0.4, 0.5) is 5.69 Å². The van der Waals surface area contributed by atoms with Gasteiger partial charge in [-0.25, -0.2) is 4.52 Å². The van der Waals surface area contributed by atoms with Crippen molar-refractivity contribution in [3.05, 3.63) is 54.4 Å². The molecule has 4 heterocycles. The molecule has 2 unspecified atom stereocenters. The summed E-state index contributed by atoms with van der Waals surface area (Å²) in [6.45, 7) is 5.44. The summed E-state index contributed by atoms with van der Waals surface area (Å²) < 4.78 is 7.81. The normalized spacial score (nSPS) is 24.7. The second-order valence-electron chi connectivity index (χ2n) is 9.35. The molecule has 1 aliphatic carbocycles. The maximum atomic E-state index is 12.6. The van der Waals surface area contributed by atoms with Gasteiger partial charge in [-0.15, -0.1) is 0 Å². The van der Waals surface area contributed by atoms with Crippen LogP contribution in [0.2, 0.25) is 0 Å². The third-order valence-electron chi connectivity index (χ3n) is 7.24. The number of fused-ring (bicyclic) bond motifs is 1. The van der Waals surface area contributed by atoms with E-state index in [0.717, 1.165) is 61.5 Å². The van der Waals surface area contributed by atoms with Crippen LogP contribution in [0, 0.1) is 23.2 Å². The number of morpholine rings is 1. The van der Waals surface area contributed by atoms with Gasteiger partial charge in [0.2, 0.25) is 5.91 Å². The molecular formula is C26H28N6O2. The standard InChI is InChI=1S/C26H28N6O2/c27-15-20-13-22(20)26(33)31-10-8-30(9-11-31)23-5-6-29-32-17-21(14-24(23)32)18-1-3-19(4-2-18)25-16-28-7-12-34-25/h1-6,14,17,20,22,25,28H,7-13,16H2/t20-,22?,25?/m1/s1. The summed E-state index contributed by atoms with van der Waals surface area (Å²) in [5.74, 6) is -0.0102. The van der Waals surface area contributed by atoms with Crippen molar-refractivity contribution in [2.45, 2.75) is 12.5 Å². The van der Waals surface area contributed by atoms with Crippen LogP contribution < -0.4 is 10.2 Å². The number of nitrogens with one attached hydrogen (secondary N) is 1. The topological polar surface area (TPSA) is 85.9 Å². The Hall–Kier alpha value is -3.41. The van der Waals surface area contributed by atoms with E-state index in [1.807, 2.05) is 15.6 Å². The molecule has 1 N–H and O–H groups in total. The molecule has 2 saturated heterocycles. The first kappa shape index (κ1) is 21.1. The van der Waals surface area contributed by atoms with Crippen LogP contribution in [0.25, 0.3) is 16.6 Å². The lowest BCUT2D eigenvalue weighted by Gasteiger charge is -2.36. The predicted molar refractivity (Wildman–Crippen MR) is 128 cm³/mol. The predicted octanol–water partition coefficient (Wildman–Crippen LogP) is 2.47. The second-order valence-corrected chi connectivity index (χ2v) is 9.35. The molecule has 0 spiro atoms. The number of amides is 1. The highest BCUT2D eigenvalue weighted by molar-refractivity contribution is 5.83. The Kier molecular flexibility index (Phi) is 5.44. The first-order valence-electron chi connectivity index (χ1n) is 12.0. The van der Waals surface area contributed by atoms with Gasteiger partial charge < -0.3 is 19.9 Å². The Bertz CT molecular complexity index is 1230. The van der Waals surface area contributed by atoms with Crippen LogP contribution in [0.3, 0.4) is 0 Å². The van der Waals surface area contributed by atoms with Crippen molar-refractivity contribution in [2.75, 3.05) is 50.8 Å². The maximum Gasteiger partial charge on any atom is 0.227 e. The minimum absolute atomic E-state index is 0.0783. The molecule has 2 aromatic heterocycles. The first-order valence-corrected chi connectivity index (χ1v) is 12.0. The van der Waals surface area contributed by atoms with E-state index in [4.69, 9.17) is 10.00 Å². The van der Waals surface area contributed by atoms with Crippen LogP contribution in [0.15, 0.2) is 48.8 Å². The number of benzene rings is 1. The van der Waals surface area contributed by atoms with E-state index in [9.17, 15) is 4.79 Å². The fraction of sp³-hybridized carbons (Fsp3) is 0.423. The maximum absolute atomic E-state index is 12.6. The Labute approximate surface area is 198 Å². The van der Waals surface area contributed by atoms with Gasteiger partial charge in [0.15, 0.2) is 0 Å². The highest BCUT2D eigenvalue weighted by Gasteiger charge is 2.45. The number of carbonyl (C=O) groups is 1. The van der Waals surface area contributed by atoms with Crippen LogP contribution in [-0.4, -0.2) is 66.3 Å². The zero-order chi connectivity index (χ0) is 23.1. The van der Waals surface area contributed by atoms with Crippen molar-refractivity contribution in [3.8, 4) is 17.2 Å². The van der Waals surface area contributed by atoms with Gasteiger partial charge in [0.1, 0.15) is 0 Å². The zero-order valence-corrected chi connectivity index (χ0v) is 19.1. The van der Waals surface area contributed by atoms with Gasteiger partial charge in [-0.1, -0.05) is 24.3 Å². The fourth-order valence-corrected chi connectivity index (χ4v) is 5.11. The van der Waals surface area contributed by atoms with Crippen LogP contribution in [0.1, 0.15) is 18.1 Å². The minimum atomic E-state index is -0.0790. The summed E-state index contributed by atoms with van der Waals surface area (Å²) in [6.07, 6.45) is 4.74. The van der Waals surface area contributed by atoms with Gasteiger partial charge in [-0.05, 0) is 29.7 Å². The highest BCUT2D eigenvalue weighted by Crippen LogP contribution is 2.39. The number of anilines is 1. The molecule has 1 aromatic carbocycles. The number of nitriles is 1. The SMILES string of the molecule is N#C[C@H]1CC1C(=O)N1CCN(c2ccnn3cc(-c4ccc(C5CNCCO5)cc4)cc23)CC1. The monoisotopic (exact) mass is 456 g/mol. The van der Waals surface area contributed by atoms with Gasteiger partial charge >= 0.3 is 0 Å². The van der Waals surface area contributed by atoms with Gasteiger partial charge in [0.25, 0.3) is 0 Å². The molecule has 2 aliphatic heterocycles. The molecule has 3 aromatic rings. The number of nitrogens with zero attached hydrogens (tertiary/aromatic N) is 5. The molecule has 1 amide bonds. The number of aromatic nitrogens is 2. The largest absolute Gasteiger partial charge is 0.371 e. The number of ether oxygens (including phenoxy) is 1. The Morgan fingerprint density at radius 3 is 2.65 bits per heavy atom. The van der Waals surface area contributed by atoms with Crippen molar-refractivity contribution >= 4 is 17.1 Å². The minimum Gasteiger partial charge on any atom is -0.371 e. The molecule has 34 heavy (non-hydrogen) atoms. The molecule has 6 rings (SSSR count). The molecular weight excluding hydrogens is 428 g/mol. The Balaban J connectivity index is 1.18. The van der Waals surface area contributed by atoms with Crippen LogP contribution >= 0.6 is 0 Å². The smallest absolute Gasteiger partial charge is 0.227 e. The molecule has 8 nitrogen and oxygen atoms in total. The van der Waals surface area contributed by atoms with E-state index < -0.39 is 0 Å². The molecule has 0 radical (unpaired) electrons. The highest BCUT2D eigenvalue weighted by atomic mass is 16.5. The summed E-state index contributed by atoms with van der Waals surface area (Å²) in [5, 5.41) is 16.9. The van der Waals surface area contributed by atoms with Crippen LogP contribution in [-0.2, 0) is 9.53 Å². The van der Waals surface area contributed by atoms with Gasteiger partial charge in [0.05, 0.1) is 41.8 Å². The Morgan fingerprint density at radius 1 is 1.12 bits per heavy atom. The van der Waals surface area contributed by atoms with Crippen LogP contribution in [0.5, 0.6) is 0 Å². The van der Waals surface area contributed by atoms with E-state index in [-0.39, 0.29) is 23.8 Å². The van der Waals surface area contributed by atoms with E-state index in [1.165, 1.54) is 5.56 Å². The zero-order valence-electron chi connectivity index (χ0n) is 19.1. The molecule has 3 atom stereocenters. The number of piperazine rings is 1. The van der Waals surface area contributed by atoms with Crippen molar-refractivity contribution in [2.24, 2.45) is 11.8 Å². The number of rotatable bonds is 4. The lowest BCUT2D eigenvalue weighted by molar-refractivity contribution is -0.133. The number of carbonyl (C=O) groups excluding carboxylic acids is 1. The van der Waals surface area contributed by atoms with Crippen molar-refractivity contribution < 1.29 is 9.53 Å². The van der Waals surface area contributed by atoms with Gasteiger partial charge in [-0.3, -0.25) is 4.79 Å². The van der Waals surface area contributed by atoms with Gasteiger partial charge in [-0.2, -0.15) is 10.4 Å². The fourth-order valence-electron chi connectivity index (χ4n) is 5.11. The third kappa shape index (κ3) is 3.91. The lowest BCUT2D eigenvalue weighted by Crippen LogP contribution is -2.49. The van der Waals surface area contributed by atoms with Crippen molar-refractivity contribution in [1.29, 1.82) is 5.26 Å². The van der Waals surface area contributed by atoms with E-state index in [0.29, 0.717) is 13.1 Å². The van der Waals surface area contributed by atoms with Crippen molar-refractivity contribution in [3.63, 3.8) is 0 Å². The second kappa shape index (κ2) is 8.75.